The lowest BCUT2D eigenvalue weighted by Gasteiger charge is -2.14. The maximum absolute atomic E-state index is 12.6. The number of nitrogens with zero attached hydrogens (tertiary/aromatic N) is 2. The SMILES string of the molecule is CCOc1cc(/C=C2\SC(=Nc3ccc(CC)cc3)NC2=O)cc(Cl)c1OCc1cccc([N+](=O)[O-])c1. The number of amides is 1. The van der Waals surface area contributed by atoms with Crippen LogP contribution in [-0.2, 0) is 17.8 Å². The highest BCUT2D eigenvalue weighted by molar-refractivity contribution is 8.18. The number of nitrogens with one attached hydrogen (secondary N) is 1. The highest BCUT2D eigenvalue weighted by Gasteiger charge is 2.24. The van der Waals surface area contributed by atoms with Gasteiger partial charge in [-0.25, -0.2) is 4.99 Å². The summed E-state index contributed by atoms with van der Waals surface area (Å²) in [5.74, 6) is 0.466. The molecule has 0 aromatic heterocycles. The van der Waals surface area contributed by atoms with Crippen LogP contribution in [-0.4, -0.2) is 22.6 Å². The summed E-state index contributed by atoms with van der Waals surface area (Å²) in [6, 6.07) is 17.5. The van der Waals surface area contributed by atoms with Crippen LogP contribution in [0.1, 0.15) is 30.5 Å². The molecule has 0 atom stereocenters. The Morgan fingerprint density at radius 2 is 1.86 bits per heavy atom. The first-order valence-corrected chi connectivity index (χ1v) is 12.8. The molecule has 1 saturated heterocycles. The molecular formula is C27H24ClN3O5S. The number of benzene rings is 3. The van der Waals surface area contributed by atoms with E-state index in [9.17, 15) is 14.9 Å². The lowest BCUT2D eigenvalue weighted by Crippen LogP contribution is -2.19. The Bertz CT molecular complexity index is 1390. The minimum absolute atomic E-state index is 0.0209. The summed E-state index contributed by atoms with van der Waals surface area (Å²) in [7, 11) is 0. The van der Waals surface area contributed by atoms with Crippen LogP contribution >= 0.6 is 23.4 Å². The molecule has 3 aromatic carbocycles. The van der Waals surface area contributed by atoms with Crippen molar-refractivity contribution in [3.05, 3.63) is 97.4 Å². The molecule has 190 valence electrons. The van der Waals surface area contributed by atoms with Gasteiger partial charge in [-0.2, -0.15) is 0 Å². The summed E-state index contributed by atoms with van der Waals surface area (Å²) in [4.78, 5) is 28.1. The van der Waals surface area contributed by atoms with Gasteiger partial charge in [0, 0.05) is 12.1 Å². The Balaban J connectivity index is 1.54. The molecule has 3 aromatic rings. The molecule has 10 heteroatoms. The summed E-state index contributed by atoms with van der Waals surface area (Å²) in [5, 5.41) is 14.6. The monoisotopic (exact) mass is 537 g/mol. The molecule has 0 saturated carbocycles. The zero-order valence-electron chi connectivity index (χ0n) is 20.2. The van der Waals surface area contributed by atoms with E-state index < -0.39 is 4.92 Å². The quantitative estimate of drug-likeness (QED) is 0.185. The van der Waals surface area contributed by atoms with E-state index in [2.05, 4.69) is 17.2 Å². The molecule has 1 aliphatic heterocycles. The second-order valence-electron chi connectivity index (χ2n) is 7.98. The summed E-state index contributed by atoms with van der Waals surface area (Å²) < 4.78 is 11.6. The third-order valence-electron chi connectivity index (χ3n) is 5.36. The Labute approximate surface area is 223 Å². The van der Waals surface area contributed by atoms with Crippen LogP contribution in [0, 0.1) is 10.1 Å². The van der Waals surface area contributed by atoms with Gasteiger partial charge in [-0.3, -0.25) is 14.9 Å². The average Bonchev–Trinajstić information content (AvgIpc) is 3.22. The van der Waals surface area contributed by atoms with E-state index in [-0.39, 0.29) is 23.2 Å². The van der Waals surface area contributed by atoms with Gasteiger partial charge in [0.25, 0.3) is 11.6 Å². The van der Waals surface area contributed by atoms with Gasteiger partial charge < -0.3 is 14.8 Å². The highest BCUT2D eigenvalue weighted by Crippen LogP contribution is 2.39. The fourth-order valence-electron chi connectivity index (χ4n) is 3.54. The normalized spacial score (nSPS) is 15.2. The van der Waals surface area contributed by atoms with Gasteiger partial charge in [-0.15, -0.1) is 0 Å². The van der Waals surface area contributed by atoms with Crippen LogP contribution < -0.4 is 14.8 Å². The molecule has 1 fully saturated rings. The molecular weight excluding hydrogens is 514 g/mol. The fraction of sp³-hybridized carbons (Fsp3) is 0.185. The van der Waals surface area contributed by atoms with Gasteiger partial charge in [-0.1, -0.05) is 42.8 Å². The summed E-state index contributed by atoms with van der Waals surface area (Å²) in [5.41, 5.74) is 3.23. The van der Waals surface area contributed by atoms with Gasteiger partial charge in [0.1, 0.15) is 6.61 Å². The number of aliphatic imine (C=N–C) groups is 1. The predicted octanol–water partition coefficient (Wildman–Crippen LogP) is 6.68. The van der Waals surface area contributed by atoms with Gasteiger partial charge in [0.15, 0.2) is 16.7 Å². The molecule has 0 radical (unpaired) electrons. The van der Waals surface area contributed by atoms with Crippen LogP contribution in [0.4, 0.5) is 11.4 Å². The van der Waals surface area contributed by atoms with Crippen LogP contribution in [0.5, 0.6) is 11.5 Å². The van der Waals surface area contributed by atoms with Gasteiger partial charge in [0.2, 0.25) is 0 Å². The summed E-state index contributed by atoms with van der Waals surface area (Å²) in [6.07, 6.45) is 2.65. The third kappa shape index (κ3) is 6.69. The van der Waals surface area contributed by atoms with Crippen molar-refractivity contribution in [3.8, 4) is 11.5 Å². The second kappa shape index (κ2) is 11.9. The minimum atomic E-state index is -0.459. The predicted molar refractivity (Wildman–Crippen MR) is 147 cm³/mol. The van der Waals surface area contributed by atoms with Crippen molar-refractivity contribution in [3.63, 3.8) is 0 Å². The van der Waals surface area contributed by atoms with E-state index in [4.69, 9.17) is 21.1 Å². The van der Waals surface area contributed by atoms with Crippen LogP contribution in [0.2, 0.25) is 5.02 Å². The van der Waals surface area contributed by atoms with Gasteiger partial charge in [0.05, 0.1) is 27.1 Å². The maximum atomic E-state index is 12.6. The fourth-order valence-corrected chi connectivity index (χ4v) is 4.66. The largest absolute Gasteiger partial charge is 0.490 e. The molecule has 1 heterocycles. The maximum Gasteiger partial charge on any atom is 0.269 e. The standard InChI is InChI=1S/C27H24ClN3O5S/c1-3-17-8-10-20(11-9-17)29-27-30-26(32)24(37-27)15-19-13-22(28)25(23(14-19)35-4-2)36-16-18-6-5-7-21(12-18)31(33)34/h5-15H,3-4,16H2,1-2H3,(H,29,30,32)/b24-15-. The molecule has 4 rings (SSSR count). The molecule has 1 aliphatic rings. The number of hydrogen-bond acceptors (Lipinski definition) is 7. The van der Waals surface area contributed by atoms with Crippen molar-refractivity contribution in [1.82, 2.24) is 5.32 Å². The van der Waals surface area contributed by atoms with Crippen LogP contribution in [0.3, 0.4) is 0 Å². The number of nitro benzene ring substituents is 1. The lowest BCUT2D eigenvalue weighted by atomic mass is 10.1. The van der Waals surface area contributed by atoms with E-state index >= 15 is 0 Å². The zero-order valence-corrected chi connectivity index (χ0v) is 21.8. The Kier molecular flexibility index (Phi) is 8.47. The number of ether oxygens (including phenoxy) is 2. The smallest absolute Gasteiger partial charge is 0.269 e. The van der Waals surface area contributed by atoms with E-state index in [0.717, 1.165) is 12.1 Å². The zero-order chi connectivity index (χ0) is 26.4. The average molecular weight is 538 g/mol. The number of carbonyl (C=O) groups excluding carboxylic acids is 1. The van der Waals surface area contributed by atoms with Gasteiger partial charge in [-0.05, 0) is 72.1 Å². The highest BCUT2D eigenvalue weighted by atomic mass is 35.5. The Morgan fingerprint density at radius 3 is 2.57 bits per heavy atom. The van der Waals surface area contributed by atoms with E-state index in [0.29, 0.717) is 39.3 Å². The number of aryl methyl sites for hydroxylation is 1. The van der Waals surface area contributed by atoms with Crippen LogP contribution in [0.15, 0.2) is 70.6 Å². The number of non-ortho nitro benzene ring substituents is 1. The summed E-state index contributed by atoms with van der Waals surface area (Å²) in [6.45, 7) is 4.36. The van der Waals surface area contributed by atoms with Crippen molar-refractivity contribution in [1.29, 1.82) is 0 Å². The molecule has 1 amide bonds. The lowest BCUT2D eigenvalue weighted by molar-refractivity contribution is -0.384. The first-order chi connectivity index (χ1) is 17.9. The molecule has 0 unspecified atom stereocenters. The summed E-state index contributed by atoms with van der Waals surface area (Å²) >= 11 is 7.77. The number of hydrogen-bond donors (Lipinski definition) is 1. The molecule has 37 heavy (non-hydrogen) atoms. The number of amidine groups is 1. The van der Waals surface area contributed by atoms with Crippen molar-refractivity contribution >= 4 is 51.9 Å². The van der Waals surface area contributed by atoms with Crippen molar-refractivity contribution in [2.75, 3.05) is 6.61 Å². The third-order valence-corrected chi connectivity index (χ3v) is 6.55. The minimum Gasteiger partial charge on any atom is -0.490 e. The molecule has 0 spiro atoms. The number of nitro groups is 1. The number of thioether (sulfide) groups is 1. The van der Waals surface area contributed by atoms with E-state index in [1.807, 2.05) is 31.2 Å². The number of halogens is 1. The van der Waals surface area contributed by atoms with Crippen molar-refractivity contribution in [2.24, 2.45) is 4.99 Å². The van der Waals surface area contributed by atoms with Gasteiger partial charge >= 0.3 is 0 Å². The molecule has 0 bridgehead atoms. The molecule has 0 aliphatic carbocycles. The Hall–Kier alpha value is -3.82. The topological polar surface area (TPSA) is 103 Å². The molecule has 8 nitrogen and oxygen atoms in total. The van der Waals surface area contributed by atoms with Crippen molar-refractivity contribution in [2.45, 2.75) is 26.9 Å². The second-order valence-corrected chi connectivity index (χ2v) is 9.42. The first-order valence-electron chi connectivity index (χ1n) is 11.6. The van der Waals surface area contributed by atoms with Crippen LogP contribution in [0.25, 0.3) is 6.08 Å². The number of rotatable bonds is 9. The van der Waals surface area contributed by atoms with E-state index in [1.165, 1.54) is 29.5 Å². The molecule has 1 N–H and O–H groups in total. The first kappa shape index (κ1) is 26.2. The number of carbonyl (C=O) groups is 1. The van der Waals surface area contributed by atoms with E-state index in [1.54, 1.807) is 30.3 Å². The Morgan fingerprint density at radius 1 is 1.08 bits per heavy atom. The van der Waals surface area contributed by atoms with Crippen molar-refractivity contribution < 1.29 is 19.2 Å².